The largest absolute Gasteiger partial charge is 0.352 e. The first-order chi connectivity index (χ1) is 13.4. The molecule has 0 saturated carbocycles. The van der Waals surface area contributed by atoms with Crippen LogP contribution in [0.2, 0.25) is 0 Å². The summed E-state index contributed by atoms with van der Waals surface area (Å²) in [5.41, 5.74) is 1.76. The number of imidazole rings is 1. The molecular weight excluding hydrogens is 378 g/mol. The third-order valence-electron chi connectivity index (χ3n) is 4.86. The molecule has 2 aromatic rings. The first-order valence-corrected chi connectivity index (χ1v) is 11.3. The van der Waals surface area contributed by atoms with E-state index in [1.807, 2.05) is 35.0 Å². The Balaban J connectivity index is 1.41. The SMILES string of the molecule is CS(=O)(=O)N1CCN(Cc2ccc(C(=O)NCCCn3ccnc3)cc2)CC1. The Morgan fingerprint density at radius 2 is 1.86 bits per heavy atom. The predicted molar refractivity (Wildman–Crippen MR) is 107 cm³/mol. The van der Waals surface area contributed by atoms with E-state index in [0.29, 0.717) is 38.3 Å². The van der Waals surface area contributed by atoms with Crippen molar-refractivity contribution in [1.82, 2.24) is 24.1 Å². The molecule has 0 bridgehead atoms. The van der Waals surface area contributed by atoms with Crippen LogP contribution in [0.3, 0.4) is 0 Å². The Labute approximate surface area is 166 Å². The smallest absolute Gasteiger partial charge is 0.251 e. The van der Waals surface area contributed by atoms with Gasteiger partial charge in [0.25, 0.3) is 5.91 Å². The molecule has 1 fully saturated rings. The van der Waals surface area contributed by atoms with Crippen LogP contribution in [0.4, 0.5) is 0 Å². The molecule has 1 aromatic heterocycles. The van der Waals surface area contributed by atoms with E-state index in [9.17, 15) is 13.2 Å². The number of carbonyl (C=O) groups excluding carboxylic acids is 1. The number of nitrogens with one attached hydrogen (secondary N) is 1. The van der Waals surface area contributed by atoms with Gasteiger partial charge in [-0.25, -0.2) is 13.4 Å². The molecule has 3 rings (SSSR count). The highest BCUT2D eigenvalue weighted by molar-refractivity contribution is 7.88. The lowest BCUT2D eigenvalue weighted by Gasteiger charge is -2.33. The van der Waals surface area contributed by atoms with E-state index >= 15 is 0 Å². The fraction of sp³-hybridized carbons (Fsp3) is 0.474. The molecule has 0 aliphatic carbocycles. The van der Waals surface area contributed by atoms with E-state index < -0.39 is 10.0 Å². The summed E-state index contributed by atoms with van der Waals surface area (Å²) in [4.78, 5) is 18.5. The summed E-state index contributed by atoms with van der Waals surface area (Å²) in [6.45, 7) is 4.68. The highest BCUT2D eigenvalue weighted by atomic mass is 32.2. The highest BCUT2D eigenvalue weighted by Crippen LogP contribution is 2.12. The predicted octanol–water partition coefficient (Wildman–Crippen LogP) is 0.780. The van der Waals surface area contributed by atoms with Crippen molar-refractivity contribution in [2.75, 3.05) is 39.0 Å². The van der Waals surface area contributed by atoms with E-state index in [1.54, 1.807) is 12.5 Å². The standard InChI is InChI=1S/C19H27N5O3S/c1-28(26,27)24-13-11-22(12-14-24)15-17-3-5-18(6-4-17)19(25)21-7-2-9-23-10-8-20-16-23/h3-6,8,10,16H,2,7,9,11-15H2,1H3,(H,21,25). The number of hydrogen-bond acceptors (Lipinski definition) is 5. The number of benzene rings is 1. The van der Waals surface area contributed by atoms with Gasteiger partial charge in [-0.05, 0) is 24.1 Å². The Morgan fingerprint density at radius 1 is 1.14 bits per heavy atom. The summed E-state index contributed by atoms with van der Waals surface area (Å²) < 4.78 is 26.6. The Bertz CT molecular complexity index is 857. The molecule has 152 valence electrons. The van der Waals surface area contributed by atoms with Crippen molar-refractivity contribution < 1.29 is 13.2 Å². The lowest BCUT2D eigenvalue weighted by atomic mass is 10.1. The molecule has 1 amide bonds. The maximum atomic E-state index is 12.2. The zero-order valence-electron chi connectivity index (χ0n) is 16.1. The van der Waals surface area contributed by atoms with Gasteiger partial charge in [0.15, 0.2) is 0 Å². The molecule has 1 N–H and O–H groups in total. The number of aromatic nitrogens is 2. The van der Waals surface area contributed by atoms with E-state index in [2.05, 4.69) is 15.2 Å². The molecule has 1 aromatic carbocycles. The average molecular weight is 406 g/mol. The Hall–Kier alpha value is -2.23. The fourth-order valence-corrected chi connectivity index (χ4v) is 4.05. The molecule has 0 unspecified atom stereocenters. The molecule has 1 saturated heterocycles. The lowest BCUT2D eigenvalue weighted by Crippen LogP contribution is -2.47. The molecular formula is C19H27N5O3S. The van der Waals surface area contributed by atoms with Crippen LogP contribution in [0.25, 0.3) is 0 Å². The first kappa shape index (κ1) is 20.5. The van der Waals surface area contributed by atoms with Gasteiger partial charge in [-0.1, -0.05) is 12.1 Å². The van der Waals surface area contributed by atoms with Crippen LogP contribution >= 0.6 is 0 Å². The number of aryl methyl sites for hydroxylation is 1. The third-order valence-corrected chi connectivity index (χ3v) is 6.16. The maximum Gasteiger partial charge on any atom is 0.251 e. The molecule has 9 heteroatoms. The minimum Gasteiger partial charge on any atom is -0.352 e. The monoisotopic (exact) mass is 405 g/mol. The van der Waals surface area contributed by atoms with Gasteiger partial charge in [0.1, 0.15) is 0 Å². The van der Waals surface area contributed by atoms with Crippen molar-refractivity contribution >= 4 is 15.9 Å². The molecule has 1 aliphatic heterocycles. The van der Waals surface area contributed by atoms with Gasteiger partial charge in [-0.2, -0.15) is 4.31 Å². The summed E-state index contributed by atoms with van der Waals surface area (Å²) in [5.74, 6) is -0.0704. The fourth-order valence-electron chi connectivity index (χ4n) is 3.22. The van der Waals surface area contributed by atoms with Crippen molar-refractivity contribution in [3.8, 4) is 0 Å². The number of nitrogens with zero attached hydrogens (tertiary/aromatic N) is 4. The van der Waals surface area contributed by atoms with Gasteiger partial charge >= 0.3 is 0 Å². The van der Waals surface area contributed by atoms with Gasteiger partial charge in [-0.15, -0.1) is 0 Å². The summed E-state index contributed by atoms with van der Waals surface area (Å²) in [6, 6.07) is 7.60. The minimum absolute atomic E-state index is 0.0704. The topological polar surface area (TPSA) is 87.5 Å². The van der Waals surface area contributed by atoms with Crippen molar-refractivity contribution in [3.05, 3.63) is 54.1 Å². The number of sulfonamides is 1. The molecule has 2 heterocycles. The van der Waals surface area contributed by atoms with Crippen molar-refractivity contribution in [3.63, 3.8) is 0 Å². The zero-order valence-corrected chi connectivity index (χ0v) is 16.9. The first-order valence-electron chi connectivity index (χ1n) is 9.42. The maximum absolute atomic E-state index is 12.2. The minimum atomic E-state index is -3.10. The van der Waals surface area contributed by atoms with Gasteiger partial charge in [0.2, 0.25) is 10.0 Å². The zero-order chi connectivity index (χ0) is 20.0. The Morgan fingerprint density at radius 3 is 2.46 bits per heavy atom. The van der Waals surface area contributed by atoms with Crippen LogP contribution in [-0.2, 0) is 23.1 Å². The molecule has 0 radical (unpaired) electrons. The average Bonchev–Trinajstić information content (AvgIpc) is 3.19. The van der Waals surface area contributed by atoms with Crippen LogP contribution in [0.5, 0.6) is 0 Å². The van der Waals surface area contributed by atoms with Crippen LogP contribution in [0, 0.1) is 0 Å². The second kappa shape index (κ2) is 9.31. The second-order valence-electron chi connectivity index (χ2n) is 7.05. The molecule has 8 nitrogen and oxygen atoms in total. The quantitative estimate of drug-likeness (QED) is 0.656. The van der Waals surface area contributed by atoms with Crippen molar-refractivity contribution in [1.29, 1.82) is 0 Å². The van der Waals surface area contributed by atoms with E-state index in [1.165, 1.54) is 10.6 Å². The van der Waals surface area contributed by atoms with E-state index in [4.69, 9.17) is 0 Å². The van der Waals surface area contributed by atoms with Crippen LogP contribution in [0.1, 0.15) is 22.3 Å². The molecule has 28 heavy (non-hydrogen) atoms. The second-order valence-corrected chi connectivity index (χ2v) is 9.03. The Kier molecular flexibility index (Phi) is 6.82. The van der Waals surface area contributed by atoms with Crippen LogP contribution in [-0.4, -0.2) is 72.1 Å². The van der Waals surface area contributed by atoms with Gasteiger partial charge in [0.05, 0.1) is 12.6 Å². The van der Waals surface area contributed by atoms with Crippen LogP contribution < -0.4 is 5.32 Å². The van der Waals surface area contributed by atoms with Crippen molar-refractivity contribution in [2.24, 2.45) is 0 Å². The van der Waals surface area contributed by atoms with E-state index in [0.717, 1.165) is 25.1 Å². The van der Waals surface area contributed by atoms with Gasteiger partial charge in [0, 0.05) is 63.8 Å². The summed E-state index contributed by atoms with van der Waals surface area (Å²) in [7, 11) is -3.10. The van der Waals surface area contributed by atoms with Gasteiger partial charge in [-0.3, -0.25) is 9.69 Å². The van der Waals surface area contributed by atoms with Crippen molar-refractivity contribution in [2.45, 2.75) is 19.5 Å². The molecule has 1 aliphatic rings. The number of carbonyl (C=O) groups is 1. The van der Waals surface area contributed by atoms with Crippen LogP contribution in [0.15, 0.2) is 43.0 Å². The lowest BCUT2D eigenvalue weighted by molar-refractivity contribution is 0.0952. The summed E-state index contributed by atoms with van der Waals surface area (Å²) >= 11 is 0. The number of rotatable bonds is 8. The van der Waals surface area contributed by atoms with E-state index in [-0.39, 0.29) is 5.91 Å². The highest BCUT2D eigenvalue weighted by Gasteiger charge is 2.23. The third kappa shape index (κ3) is 5.88. The summed E-state index contributed by atoms with van der Waals surface area (Å²) in [6.07, 6.45) is 7.51. The number of piperazine rings is 1. The number of amides is 1. The van der Waals surface area contributed by atoms with Gasteiger partial charge < -0.3 is 9.88 Å². The normalized spacial score (nSPS) is 16.2. The summed E-state index contributed by atoms with van der Waals surface area (Å²) in [5, 5.41) is 2.94. The molecule has 0 spiro atoms. The molecule has 0 atom stereocenters. The number of hydrogen-bond donors (Lipinski definition) is 1.